The Kier molecular flexibility index (Phi) is 5.48. The molecule has 28 heavy (non-hydrogen) atoms. The lowest BCUT2D eigenvalue weighted by Crippen LogP contribution is -2.24. The number of rotatable bonds is 7. The Bertz CT molecular complexity index is 1010. The molecule has 10 nitrogen and oxygen atoms in total. The highest BCUT2D eigenvalue weighted by Crippen LogP contribution is 2.23. The van der Waals surface area contributed by atoms with Crippen molar-refractivity contribution in [3.8, 4) is 5.69 Å². The van der Waals surface area contributed by atoms with Gasteiger partial charge >= 0.3 is 5.97 Å². The second-order valence-electron chi connectivity index (χ2n) is 6.59. The predicted octanol–water partition coefficient (Wildman–Crippen LogP) is 1.31. The summed E-state index contributed by atoms with van der Waals surface area (Å²) in [4.78, 5) is 27.4. The molecule has 0 bridgehead atoms. The van der Waals surface area contributed by atoms with Gasteiger partial charge in [0.1, 0.15) is 18.1 Å². The molecule has 3 rings (SSSR count). The van der Waals surface area contributed by atoms with Crippen molar-refractivity contribution < 1.29 is 14.7 Å². The summed E-state index contributed by atoms with van der Waals surface area (Å²) in [5.41, 5.74) is 2.44. The van der Waals surface area contributed by atoms with Crippen molar-refractivity contribution in [1.82, 2.24) is 35.1 Å². The number of nitrogens with one attached hydrogen (secondary N) is 1. The number of carboxylic acids is 1. The third kappa shape index (κ3) is 4.22. The van der Waals surface area contributed by atoms with Gasteiger partial charge in [0.25, 0.3) is 5.91 Å². The highest BCUT2D eigenvalue weighted by Gasteiger charge is 2.18. The van der Waals surface area contributed by atoms with Crippen LogP contribution in [0.2, 0.25) is 0 Å². The van der Waals surface area contributed by atoms with Crippen molar-refractivity contribution in [2.24, 2.45) is 0 Å². The van der Waals surface area contributed by atoms with E-state index in [1.807, 2.05) is 24.3 Å². The average Bonchev–Trinajstić information content (AvgIpc) is 3.25. The first-order chi connectivity index (χ1) is 13.3. The minimum atomic E-state index is -1.02. The van der Waals surface area contributed by atoms with Gasteiger partial charge in [-0.3, -0.25) is 9.59 Å². The molecule has 0 atom stereocenters. The van der Waals surface area contributed by atoms with Crippen LogP contribution < -0.4 is 5.32 Å². The Labute approximate surface area is 161 Å². The second-order valence-corrected chi connectivity index (χ2v) is 6.59. The Morgan fingerprint density at radius 1 is 1.25 bits per heavy atom. The minimum Gasteiger partial charge on any atom is -0.480 e. The van der Waals surface area contributed by atoms with E-state index < -0.39 is 11.9 Å². The Balaban J connectivity index is 1.73. The SMILES string of the molecule is Cc1nc(C(=O)NCc2cn(CC(=O)O)nn2)nn1-c1ccccc1C(C)C. The lowest BCUT2D eigenvalue weighted by Gasteiger charge is -2.12. The molecule has 2 heterocycles. The fourth-order valence-corrected chi connectivity index (χ4v) is 2.77. The van der Waals surface area contributed by atoms with Gasteiger partial charge in [-0.15, -0.1) is 10.2 Å². The molecule has 0 saturated carbocycles. The van der Waals surface area contributed by atoms with E-state index in [1.165, 1.54) is 10.9 Å². The number of carbonyl (C=O) groups is 2. The smallest absolute Gasteiger partial charge is 0.325 e. The summed E-state index contributed by atoms with van der Waals surface area (Å²) in [7, 11) is 0. The van der Waals surface area contributed by atoms with Gasteiger partial charge in [-0.25, -0.2) is 14.3 Å². The first-order valence-corrected chi connectivity index (χ1v) is 8.77. The number of amides is 1. The van der Waals surface area contributed by atoms with Crippen LogP contribution in [-0.2, 0) is 17.9 Å². The molecule has 1 amide bonds. The number of carbonyl (C=O) groups excluding carboxylic acids is 1. The molecular formula is C18H21N7O3. The van der Waals surface area contributed by atoms with E-state index in [0.29, 0.717) is 17.4 Å². The van der Waals surface area contributed by atoms with E-state index in [0.717, 1.165) is 11.3 Å². The van der Waals surface area contributed by atoms with Gasteiger partial charge in [0.2, 0.25) is 5.82 Å². The molecule has 0 radical (unpaired) electrons. The van der Waals surface area contributed by atoms with Crippen LogP contribution in [-0.4, -0.2) is 46.7 Å². The lowest BCUT2D eigenvalue weighted by atomic mass is 10.0. The van der Waals surface area contributed by atoms with E-state index in [2.05, 4.69) is 39.6 Å². The molecule has 0 aliphatic rings. The van der Waals surface area contributed by atoms with E-state index in [-0.39, 0.29) is 18.9 Å². The standard InChI is InChI=1S/C18H21N7O3/c1-11(2)14-6-4-5-7-15(14)25-12(3)20-17(22-25)18(28)19-8-13-9-24(23-21-13)10-16(26)27/h4-7,9,11H,8,10H2,1-3H3,(H,19,28)(H,26,27). The van der Waals surface area contributed by atoms with Crippen LogP contribution >= 0.6 is 0 Å². The number of aryl methyl sites for hydroxylation is 1. The van der Waals surface area contributed by atoms with Crippen LogP contribution in [0.3, 0.4) is 0 Å². The van der Waals surface area contributed by atoms with Crippen LogP contribution in [0.1, 0.15) is 47.5 Å². The summed E-state index contributed by atoms with van der Waals surface area (Å²) >= 11 is 0. The van der Waals surface area contributed by atoms with Gasteiger partial charge in [-0.05, 0) is 24.5 Å². The van der Waals surface area contributed by atoms with Crippen molar-refractivity contribution in [3.05, 3.63) is 53.4 Å². The predicted molar refractivity (Wildman–Crippen MR) is 99.0 cm³/mol. The molecule has 0 aliphatic heterocycles. The molecule has 3 aromatic rings. The topological polar surface area (TPSA) is 128 Å². The summed E-state index contributed by atoms with van der Waals surface area (Å²) < 4.78 is 2.84. The Morgan fingerprint density at radius 2 is 2.00 bits per heavy atom. The van der Waals surface area contributed by atoms with Crippen LogP contribution in [0.15, 0.2) is 30.5 Å². The number of nitrogens with zero attached hydrogens (tertiary/aromatic N) is 6. The molecule has 2 aromatic heterocycles. The summed E-state index contributed by atoms with van der Waals surface area (Å²) in [6.07, 6.45) is 1.46. The van der Waals surface area contributed by atoms with Crippen LogP contribution in [0, 0.1) is 6.92 Å². The second kappa shape index (κ2) is 7.99. The van der Waals surface area contributed by atoms with E-state index in [1.54, 1.807) is 11.6 Å². The number of hydrogen-bond acceptors (Lipinski definition) is 6. The molecule has 0 fully saturated rings. The van der Waals surface area contributed by atoms with Crippen molar-refractivity contribution in [3.63, 3.8) is 0 Å². The number of hydrogen-bond donors (Lipinski definition) is 2. The van der Waals surface area contributed by atoms with Crippen LogP contribution in [0.5, 0.6) is 0 Å². The van der Waals surface area contributed by atoms with E-state index in [4.69, 9.17) is 5.11 Å². The largest absolute Gasteiger partial charge is 0.480 e. The highest BCUT2D eigenvalue weighted by molar-refractivity contribution is 5.90. The van der Waals surface area contributed by atoms with E-state index >= 15 is 0 Å². The highest BCUT2D eigenvalue weighted by atomic mass is 16.4. The molecule has 146 valence electrons. The maximum absolute atomic E-state index is 12.4. The molecule has 0 aliphatic carbocycles. The van der Waals surface area contributed by atoms with Crippen LogP contribution in [0.25, 0.3) is 5.69 Å². The first kappa shape index (κ1) is 19.2. The lowest BCUT2D eigenvalue weighted by molar-refractivity contribution is -0.137. The molecule has 0 unspecified atom stereocenters. The van der Waals surface area contributed by atoms with Crippen molar-refractivity contribution >= 4 is 11.9 Å². The van der Waals surface area contributed by atoms with Gasteiger partial charge in [0.05, 0.1) is 18.4 Å². The number of aromatic nitrogens is 6. The van der Waals surface area contributed by atoms with Gasteiger partial charge in [-0.2, -0.15) is 0 Å². The van der Waals surface area contributed by atoms with Crippen molar-refractivity contribution in [2.45, 2.75) is 39.8 Å². The Hall–Kier alpha value is -3.56. The minimum absolute atomic E-state index is 0.0500. The number of aliphatic carboxylic acids is 1. The maximum atomic E-state index is 12.4. The number of para-hydroxylation sites is 1. The van der Waals surface area contributed by atoms with Crippen molar-refractivity contribution in [1.29, 1.82) is 0 Å². The number of benzene rings is 1. The summed E-state index contributed by atoms with van der Waals surface area (Å²) in [6, 6.07) is 7.86. The van der Waals surface area contributed by atoms with Gasteiger partial charge in [-0.1, -0.05) is 37.3 Å². The van der Waals surface area contributed by atoms with Gasteiger partial charge in [0.15, 0.2) is 0 Å². The first-order valence-electron chi connectivity index (χ1n) is 8.77. The zero-order chi connectivity index (χ0) is 20.3. The molecule has 1 aromatic carbocycles. The monoisotopic (exact) mass is 383 g/mol. The zero-order valence-corrected chi connectivity index (χ0v) is 15.8. The molecule has 10 heteroatoms. The molecule has 2 N–H and O–H groups in total. The van der Waals surface area contributed by atoms with Crippen molar-refractivity contribution in [2.75, 3.05) is 0 Å². The Morgan fingerprint density at radius 3 is 2.71 bits per heavy atom. The average molecular weight is 383 g/mol. The summed E-state index contributed by atoms with van der Waals surface area (Å²) in [5, 5.41) is 23.3. The molecule has 0 spiro atoms. The fourth-order valence-electron chi connectivity index (χ4n) is 2.77. The third-order valence-corrected chi connectivity index (χ3v) is 4.07. The summed E-state index contributed by atoms with van der Waals surface area (Å²) in [6.45, 7) is 5.78. The van der Waals surface area contributed by atoms with Gasteiger partial charge in [0, 0.05) is 0 Å². The number of carboxylic acid groups (broad SMARTS) is 1. The van der Waals surface area contributed by atoms with E-state index in [9.17, 15) is 9.59 Å². The quantitative estimate of drug-likeness (QED) is 0.629. The fraction of sp³-hybridized carbons (Fsp3) is 0.333. The molecule has 0 saturated heterocycles. The van der Waals surface area contributed by atoms with Gasteiger partial charge < -0.3 is 10.4 Å². The maximum Gasteiger partial charge on any atom is 0.325 e. The third-order valence-electron chi connectivity index (χ3n) is 4.07. The molecular weight excluding hydrogens is 362 g/mol. The van der Waals surface area contributed by atoms with Crippen LogP contribution in [0.4, 0.5) is 0 Å². The summed E-state index contributed by atoms with van der Waals surface area (Å²) in [5.74, 6) is -0.519. The normalized spacial score (nSPS) is 11.0. The zero-order valence-electron chi connectivity index (χ0n) is 15.8.